The Morgan fingerprint density at radius 1 is 1.21 bits per heavy atom. The first-order chi connectivity index (χ1) is 8.89. The average molecular weight is 286 g/mol. The zero-order valence-corrected chi connectivity index (χ0v) is 12.5. The molecule has 5 nitrogen and oxygen atoms in total. The van der Waals surface area contributed by atoms with Crippen molar-refractivity contribution in [1.29, 1.82) is 0 Å². The minimum Gasteiger partial charge on any atom is -0.395 e. The SMILES string of the molecule is CC(C)N(CCO)S(=O)(=O)N(C)Cc1ccccc1. The molecule has 0 aromatic heterocycles. The van der Waals surface area contributed by atoms with Crippen molar-refractivity contribution < 1.29 is 13.5 Å². The third-order valence-electron chi connectivity index (χ3n) is 2.83. The highest BCUT2D eigenvalue weighted by Crippen LogP contribution is 2.13. The van der Waals surface area contributed by atoms with Crippen LogP contribution in [0, 0.1) is 0 Å². The normalized spacial score (nSPS) is 12.6. The summed E-state index contributed by atoms with van der Waals surface area (Å²) in [6.45, 7) is 3.83. The molecule has 0 unspecified atom stereocenters. The number of nitrogens with zero attached hydrogens (tertiary/aromatic N) is 2. The Bertz CT molecular complexity index is 474. The molecule has 0 spiro atoms. The second kappa shape index (κ2) is 7.00. The van der Waals surface area contributed by atoms with Gasteiger partial charge in [0.15, 0.2) is 0 Å². The maximum absolute atomic E-state index is 12.4. The Morgan fingerprint density at radius 3 is 2.26 bits per heavy atom. The van der Waals surface area contributed by atoms with Gasteiger partial charge in [-0.2, -0.15) is 17.0 Å². The van der Waals surface area contributed by atoms with Crippen molar-refractivity contribution in [2.75, 3.05) is 20.2 Å². The van der Waals surface area contributed by atoms with E-state index in [1.165, 1.54) is 8.61 Å². The average Bonchev–Trinajstić information content (AvgIpc) is 2.36. The fraction of sp³-hybridized carbons (Fsp3) is 0.538. The van der Waals surface area contributed by atoms with Gasteiger partial charge in [0.25, 0.3) is 10.2 Å². The summed E-state index contributed by atoms with van der Waals surface area (Å²) in [6, 6.07) is 9.24. The molecule has 108 valence electrons. The third kappa shape index (κ3) is 4.28. The van der Waals surface area contributed by atoms with E-state index in [1.54, 1.807) is 20.9 Å². The Balaban J connectivity index is 2.86. The number of aliphatic hydroxyl groups is 1. The molecule has 0 heterocycles. The standard InChI is InChI=1S/C13H22N2O3S/c1-12(2)15(9-10-16)19(17,18)14(3)11-13-7-5-4-6-8-13/h4-8,12,16H,9-11H2,1-3H3. The van der Waals surface area contributed by atoms with Crippen molar-refractivity contribution in [3.05, 3.63) is 35.9 Å². The highest BCUT2D eigenvalue weighted by molar-refractivity contribution is 7.86. The van der Waals surface area contributed by atoms with Gasteiger partial charge in [0.05, 0.1) is 6.61 Å². The topological polar surface area (TPSA) is 60.9 Å². The Labute approximate surface area is 115 Å². The zero-order chi connectivity index (χ0) is 14.5. The number of aliphatic hydroxyl groups excluding tert-OH is 1. The fourth-order valence-electron chi connectivity index (χ4n) is 1.84. The van der Waals surface area contributed by atoms with Crippen LogP contribution in [0.4, 0.5) is 0 Å². The molecule has 0 bridgehead atoms. The molecule has 0 amide bonds. The minimum atomic E-state index is -3.55. The van der Waals surface area contributed by atoms with E-state index in [2.05, 4.69) is 0 Å². The lowest BCUT2D eigenvalue weighted by Gasteiger charge is -2.29. The van der Waals surface area contributed by atoms with Crippen molar-refractivity contribution in [2.24, 2.45) is 0 Å². The lowest BCUT2D eigenvalue weighted by molar-refractivity contribution is 0.227. The van der Waals surface area contributed by atoms with Crippen molar-refractivity contribution in [3.63, 3.8) is 0 Å². The van der Waals surface area contributed by atoms with Crippen molar-refractivity contribution in [1.82, 2.24) is 8.61 Å². The highest BCUT2D eigenvalue weighted by atomic mass is 32.2. The molecule has 0 aliphatic carbocycles. The second-order valence-electron chi connectivity index (χ2n) is 4.68. The molecule has 0 aliphatic heterocycles. The van der Waals surface area contributed by atoms with Crippen molar-refractivity contribution in [3.8, 4) is 0 Å². The Hall–Kier alpha value is -0.950. The summed E-state index contributed by atoms with van der Waals surface area (Å²) in [7, 11) is -2.00. The minimum absolute atomic E-state index is 0.110. The predicted molar refractivity (Wildman–Crippen MR) is 75.8 cm³/mol. The Morgan fingerprint density at radius 2 is 1.79 bits per heavy atom. The second-order valence-corrected chi connectivity index (χ2v) is 6.67. The van der Waals surface area contributed by atoms with Crippen LogP contribution >= 0.6 is 0 Å². The summed E-state index contributed by atoms with van der Waals surface area (Å²) in [6.07, 6.45) is 0. The number of hydrogen-bond donors (Lipinski definition) is 1. The smallest absolute Gasteiger partial charge is 0.282 e. The molecule has 6 heteroatoms. The molecule has 0 aliphatic rings. The van der Waals surface area contributed by atoms with Crippen LogP contribution in [0.5, 0.6) is 0 Å². The zero-order valence-electron chi connectivity index (χ0n) is 11.7. The monoisotopic (exact) mass is 286 g/mol. The molecule has 0 saturated carbocycles. The number of rotatable bonds is 7. The van der Waals surface area contributed by atoms with Gasteiger partial charge in [-0.25, -0.2) is 0 Å². The molecule has 19 heavy (non-hydrogen) atoms. The molecule has 0 saturated heterocycles. The van der Waals surface area contributed by atoms with Gasteiger partial charge in [0.1, 0.15) is 0 Å². The summed E-state index contributed by atoms with van der Waals surface area (Å²) in [5.74, 6) is 0. The first-order valence-electron chi connectivity index (χ1n) is 6.27. The van der Waals surface area contributed by atoms with Crippen LogP contribution in [0.15, 0.2) is 30.3 Å². The summed E-state index contributed by atoms with van der Waals surface area (Å²) in [4.78, 5) is 0. The van der Waals surface area contributed by atoms with E-state index in [0.717, 1.165) is 5.56 Å². The van der Waals surface area contributed by atoms with Gasteiger partial charge >= 0.3 is 0 Å². The van der Waals surface area contributed by atoms with Crippen LogP contribution < -0.4 is 0 Å². The number of benzene rings is 1. The van der Waals surface area contributed by atoms with Crippen LogP contribution in [0.2, 0.25) is 0 Å². The van der Waals surface area contributed by atoms with Gasteiger partial charge in [-0.05, 0) is 19.4 Å². The summed E-state index contributed by atoms with van der Waals surface area (Å²) >= 11 is 0. The molecule has 0 fully saturated rings. The largest absolute Gasteiger partial charge is 0.395 e. The molecule has 1 aromatic carbocycles. The van der Waals surface area contributed by atoms with Crippen LogP contribution in [0.3, 0.4) is 0 Å². The van der Waals surface area contributed by atoms with E-state index in [4.69, 9.17) is 5.11 Å². The van der Waals surface area contributed by atoms with Gasteiger partial charge in [0, 0.05) is 26.2 Å². The van der Waals surface area contributed by atoms with Gasteiger partial charge in [0.2, 0.25) is 0 Å². The third-order valence-corrected chi connectivity index (χ3v) is 4.95. The van der Waals surface area contributed by atoms with Crippen LogP contribution in [-0.2, 0) is 16.8 Å². The van der Waals surface area contributed by atoms with E-state index >= 15 is 0 Å². The molecule has 1 rings (SSSR count). The van der Waals surface area contributed by atoms with E-state index in [1.807, 2.05) is 30.3 Å². The van der Waals surface area contributed by atoms with Gasteiger partial charge in [-0.3, -0.25) is 0 Å². The van der Waals surface area contributed by atoms with Gasteiger partial charge in [-0.15, -0.1) is 0 Å². The molecule has 0 atom stereocenters. The summed E-state index contributed by atoms with van der Waals surface area (Å²) in [5, 5.41) is 9.00. The fourth-order valence-corrected chi connectivity index (χ4v) is 3.36. The van der Waals surface area contributed by atoms with E-state index in [0.29, 0.717) is 6.54 Å². The van der Waals surface area contributed by atoms with E-state index in [-0.39, 0.29) is 19.2 Å². The molecule has 0 radical (unpaired) electrons. The lowest BCUT2D eigenvalue weighted by atomic mass is 10.2. The van der Waals surface area contributed by atoms with Crippen LogP contribution in [0.25, 0.3) is 0 Å². The summed E-state index contributed by atoms with van der Waals surface area (Å²) < 4.78 is 27.4. The highest BCUT2D eigenvalue weighted by Gasteiger charge is 2.28. The van der Waals surface area contributed by atoms with E-state index < -0.39 is 10.2 Å². The first kappa shape index (κ1) is 16.1. The number of hydrogen-bond acceptors (Lipinski definition) is 3. The molecule has 1 N–H and O–H groups in total. The van der Waals surface area contributed by atoms with Crippen LogP contribution in [0.1, 0.15) is 19.4 Å². The lowest BCUT2D eigenvalue weighted by Crippen LogP contribution is -2.46. The molecular formula is C13H22N2O3S. The van der Waals surface area contributed by atoms with Gasteiger partial charge < -0.3 is 5.11 Å². The van der Waals surface area contributed by atoms with E-state index in [9.17, 15) is 8.42 Å². The quantitative estimate of drug-likeness (QED) is 0.815. The van der Waals surface area contributed by atoms with Gasteiger partial charge in [-0.1, -0.05) is 30.3 Å². The Kier molecular flexibility index (Phi) is 5.93. The molecular weight excluding hydrogens is 264 g/mol. The molecule has 1 aromatic rings. The summed E-state index contributed by atoms with van der Waals surface area (Å²) in [5.41, 5.74) is 0.932. The van der Waals surface area contributed by atoms with Crippen molar-refractivity contribution in [2.45, 2.75) is 26.4 Å². The first-order valence-corrected chi connectivity index (χ1v) is 7.67. The maximum atomic E-state index is 12.4. The maximum Gasteiger partial charge on any atom is 0.282 e. The predicted octanol–water partition coefficient (Wildman–Crippen LogP) is 1.07. The van der Waals surface area contributed by atoms with Crippen LogP contribution in [-0.4, -0.2) is 48.4 Å². The van der Waals surface area contributed by atoms with Crippen molar-refractivity contribution >= 4 is 10.2 Å².